The van der Waals surface area contributed by atoms with Gasteiger partial charge in [-0.05, 0) is 20.0 Å². The zero-order valence-corrected chi connectivity index (χ0v) is 10.7. The summed E-state index contributed by atoms with van der Waals surface area (Å²) >= 11 is 1.88. The second-order valence-corrected chi connectivity index (χ2v) is 5.31. The van der Waals surface area contributed by atoms with Crippen molar-refractivity contribution >= 4 is 11.8 Å². The Bertz CT molecular complexity index is 360. The highest BCUT2D eigenvalue weighted by molar-refractivity contribution is 7.99. The van der Waals surface area contributed by atoms with Crippen molar-refractivity contribution < 1.29 is 9.63 Å². The van der Waals surface area contributed by atoms with Crippen molar-refractivity contribution in [1.29, 1.82) is 0 Å². The third-order valence-corrected chi connectivity index (χ3v) is 3.90. The zero-order valence-electron chi connectivity index (χ0n) is 9.87. The van der Waals surface area contributed by atoms with Gasteiger partial charge in [0.15, 0.2) is 5.82 Å². The van der Waals surface area contributed by atoms with E-state index in [2.05, 4.69) is 22.1 Å². The van der Waals surface area contributed by atoms with E-state index in [9.17, 15) is 5.11 Å². The van der Waals surface area contributed by atoms with E-state index in [-0.39, 0.29) is 11.9 Å². The van der Waals surface area contributed by atoms with E-state index in [1.165, 1.54) is 0 Å². The summed E-state index contributed by atoms with van der Waals surface area (Å²) in [4.78, 5) is 6.47. The van der Waals surface area contributed by atoms with Gasteiger partial charge < -0.3 is 15.4 Å². The number of aromatic nitrogens is 2. The molecule has 2 atom stereocenters. The summed E-state index contributed by atoms with van der Waals surface area (Å²) in [5.41, 5.74) is 5.38. The third-order valence-electron chi connectivity index (χ3n) is 2.88. The van der Waals surface area contributed by atoms with Gasteiger partial charge in [-0.25, -0.2) is 0 Å². The Labute approximate surface area is 105 Å². The molecule has 0 aliphatic carbocycles. The fourth-order valence-corrected chi connectivity index (χ4v) is 2.97. The minimum atomic E-state index is -0.747. The Morgan fingerprint density at radius 2 is 2.53 bits per heavy atom. The Kier molecular flexibility index (Phi) is 4.38. The summed E-state index contributed by atoms with van der Waals surface area (Å²) in [5, 5.41) is 13.7. The normalized spacial score (nSPS) is 23.8. The minimum Gasteiger partial charge on any atom is -0.383 e. The third kappa shape index (κ3) is 2.98. The van der Waals surface area contributed by atoms with Gasteiger partial charge in [0.05, 0.1) is 6.04 Å². The molecule has 1 aliphatic rings. The van der Waals surface area contributed by atoms with E-state index in [1.54, 1.807) is 0 Å². The number of hydrogen-bond acceptors (Lipinski definition) is 7. The highest BCUT2D eigenvalue weighted by Gasteiger charge is 2.26. The topological polar surface area (TPSA) is 88.4 Å². The molecule has 96 valence electrons. The van der Waals surface area contributed by atoms with Gasteiger partial charge in [-0.1, -0.05) is 5.16 Å². The molecule has 0 aromatic carbocycles. The summed E-state index contributed by atoms with van der Waals surface area (Å²) in [6.07, 6.45) is -0.306. The molecule has 1 aromatic rings. The zero-order chi connectivity index (χ0) is 12.3. The van der Waals surface area contributed by atoms with Crippen molar-refractivity contribution in [3.8, 4) is 0 Å². The predicted molar refractivity (Wildman–Crippen MR) is 65.6 cm³/mol. The van der Waals surface area contributed by atoms with Crippen LogP contribution in [0.15, 0.2) is 4.52 Å². The maximum absolute atomic E-state index is 9.70. The van der Waals surface area contributed by atoms with Crippen LogP contribution in [0.5, 0.6) is 0 Å². The minimum absolute atomic E-state index is 0.177. The van der Waals surface area contributed by atoms with Crippen molar-refractivity contribution in [2.45, 2.75) is 18.6 Å². The van der Waals surface area contributed by atoms with Crippen LogP contribution in [0.4, 0.5) is 0 Å². The smallest absolute Gasteiger partial charge is 0.255 e. The molecule has 7 heteroatoms. The lowest BCUT2D eigenvalue weighted by molar-refractivity contribution is 0.127. The number of aliphatic hydroxyl groups excluding tert-OH is 1. The predicted octanol–water partition coefficient (Wildman–Crippen LogP) is 0.171. The van der Waals surface area contributed by atoms with Gasteiger partial charge in [-0.2, -0.15) is 16.7 Å². The first-order valence-corrected chi connectivity index (χ1v) is 6.87. The molecule has 1 aromatic heterocycles. The van der Waals surface area contributed by atoms with Crippen molar-refractivity contribution in [3.63, 3.8) is 0 Å². The second-order valence-electron chi connectivity index (χ2n) is 4.16. The average Bonchev–Trinajstić information content (AvgIpc) is 2.79. The SMILES string of the molecule is CN1CCSCC1c1noc(C(O)CCN)n1. The van der Waals surface area contributed by atoms with Gasteiger partial charge in [0.2, 0.25) is 0 Å². The first-order chi connectivity index (χ1) is 8.22. The van der Waals surface area contributed by atoms with Gasteiger partial charge >= 0.3 is 0 Å². The molecule has 1 fully saturated rings. The summed E-state index contributed by atoms with van der Waals surface area (Å²) in [6.45, 7) is 1.42. The Morgan fingerprint density at radius 1 is 1.71 bits per heavy atom. The van der Waals surface area contributed by atoms with Crippen molar-refractivity contribution in [3.05, 3.63) is 11.7 Å². The molecule has 0 saturated carbocycles. The molecule has 1 aliphatic heterocycles. The van der Waals surface area contributed by atoms with E-state index in [1.807, 2.05) is 11.8 Å². The lowest BCUT2D eigenvalue weighted by Crippen LogP contribution is -2.33. The molecule has 0 radical (unpaired) electrons. The first-order valence-electron chi connectivity index (χ1n) is 5.72. The van der Waals surface area contributed by atoms with Crippen molar-refractivity contribution in [2.75, 3.05) is 31.6 Å². The molecule has 0 bridgehead atoms. The summed E-state index contributed by atoms with van der Waals surface area (Å²) in [6, 6.07) is 0.177. The Balaban J connectivity index is 2.06. The molecule has 2 unspecified atom stereocenters. The van der Waals surface area contributed by atoms with E-state index in [0.717, 1.165) is 18.1 Å². The van der Waals surface area contributed by atoms with Gasteiger partial charge in [0.25, 0.3) is 5.89 Å². The standard InChI is InChI=1S/C10H18N4O2S/c1-14-4-5-17-6-7(14)9-12-10(16-13-9)8(15)2-3-11/h7-8,15H,2-6,11H2,1H3. The molecule has 2 heterocycles. The molecular formula is C10H18N4O2S. The maximum Gasteiger partial charge on any atom is 0.255 e. The van der Waals surface area contributed by atoms with Crippen molar-refractivity contribution in [2.24, 2.45) is 5.73 Å². The van der Waals surface area contributed by atoms with Gasteiger partial charge in [-0.3, -0.25) is 4.90 Å². The number of hydrogen-bond donors (Lipinski definition) is 2. The summed E-state index contributed by atoms with van der Waals surface area (Å²) < 4.78 is 5.08. The Hall–Kier alpha value is -0.630. The van der Waals surface area contributed by atoms with Crippen LogP contribution < -0.4 is 5.73 Å². The van der Waals surface area contributed by atoms with E-state index in [4.69, 9.17) is 10.3 Å². The van der Waals surface area contributed by atoms with Crippen LogP contribution in [-0.2, 0) is 0 Å². The highest BCUT2D eigenvalue weighted by Crippen LogP contribution is 2.27. The second kappa shape index (κ2) is 5.81. The molecule has 17 heavy (non-hydrogen) atoms. The van der Waals surface area contributed by atoms with Crippen LogP contribution in [0.3, 0.4) is 0 Å². The first kappa shape index (κ1) is 12.8. The average molecular weight is 258 g/mol. The van der Waals surface area contributed by atoms with E-state index < -0.39 is 6.10 Å². The summed E-state index contributed by atoms with van der Waals surface area (Å²) in [5.74, 6) is 3.02. The van der Waals surface area contributed by atoms with Crippen LogP contribution >= 0.6 is 11.8 Å². The van der Waals surface area contributed by atoms with Crippen LogP contribution in [0, 0.1) is 0 Å². The lowest BCUT2D eigenvalue weighted by Gasteiger charge is -2.29. The molecule has 6 nitrogen and oxygen atoms in total. The quantitative estimate of drug-likeness (QED) is 0.796. The fourth-order valence-electron chi connectivity index (χ4n) is 1.76. The largest absolute Gasteiger partial charge is 0.383 e. The molecule has 0 amide bonds. The monoisotopic (exact) mass is 258 g/mol. The molecular weight excluding hydrogens is 240 g/mol. The number of nitrogens with two attached hydrogens (primary N) is 1. The van der Waals surface area contributed by atoms with Gasteiger partial charge in [0, 0.05) is 18.1 Å². The van der Waals surface area contributed by atoms with Crippen LogP contribution in [0.25, 0.3) is 0 Å². The molecule has 2 rings (SSSR count). The van der Waals surface area contributed by atoms with Crippen molar-refractivity contribution in [1.82, 2.24) is 15.0 Å². The lowest BCUT2D eigenvalue weighted by atomic mass is 10.2. The molecule has 0 spiro atoms. The van der Waals surface area contributed by atoms with Crippen LogP contribution in [0.2, 0.25) is 0 Å². The van der Waals surface area contributed by atoms with Gasteiger partial charge in [0.1, 0.15) is 6.10 Å². The number of rotatable bonds is 4. The molecule has 1 saturated heterocycles. The van der Waals surface area contributed by atoms with E-state index in [0.29, 0.717) is 18.8 Å². The molecule has 3 N–H and O–H groups in total. The number of nitrogens with zero attached hydrogens (tertiary/aromatic N) is 3. The highest BCUT2D eigenvalue weighted by atomic mass is 32.2. The number of thioether (sulfide) groups is 1. The van der Waals surface area contributed by atoms with Crippen LogP contribution in [0.1, 0.15) is 30.3 Å². The number of aliphatic hydroxyl groups is 1. The van der Waals surface area contributed by atoms with Crippen LogP contribution in [-0.4, -0.2) is 51.8 Å². The maximum atomic E-state index is 9.70. The Morgan fingerprint density at radius 3 is 3.24 bits per heavy atom. The van der Waals surface area contributed by atoms with Gasteiger partial charge in [-0.15, -0.1) is 0 Å². The van der Waals surface area contributed by atoms with E-state index >= 15 is 0 Å². The summed E-state index contributed by atoms with van der Waals surface area (Å²) in [7, 11) is 2.05. The fraction of sp³-hybridized carbons (Fsp3) is 0.800.